The van der Waals surface area contributed by atoms with Gasteiger partial charge >= 0.3 is 0 Å². The van der Waals surface area contributed by atoms with Crippen molar-refractivity contribution in [3.63, 3.8) is 0 Å². The normalized spacial score (nSPS) is 12.6. The molecule has 0 heterocycles. The summed E-state index contributed by atoms with van der Waals surface area (Å²) < 4.78 is 16.4. The van der Waals surface area contributed by atoms with Crippen LogP contribution in [-0.2, 0) is 15.3 Å². The molecular formula is C18H37ClO2S. The van der Waals surface area contributed by atoms with Crippen LogP contribution in [0.1, 0.15) is 96.8 Å². The summed E-state index contributed by atoms with van der Waals surface area (Å²) in [5, 5.41) is 0. The second-order valence-electron chi connectivity index (χ2n) is 6.12. The molecule has 0 aliphatic rings. The Kier molecular flexibility index (Phi) is 19.8. The molecule has 0 aromatic carbocycles. The van der Waals surface area contributed by atoms with E-state index in [0.717, 1.165) is 6.42 Å². The molecule has 4 heteroatoms. The Morgan fingerprint density at radius 1 is 0.727 bits per heavy atom. The van der Waals surface area contributed by atoms with Crippen LogP contribution in [0.25, 0.3) is 0 Å². The molecule has 0 spiro atoms. The van der Waals surface area contributed by atoms with E-state index in [4.69, 9.17) is 15.8 Å². The molecule has 0 aromatic heterocycles. The first-order valence-electron chi connectivity index (χ1n) is 9.39. The standard InChI is InChI=1S/C18H37ClO2S/c1-2-3-4-5-6-7-8-9-10-11-12-13-14-15-17-21-22(20)18-16-19/h2-18H2,1H3. The first kappa shape index (κ1) is 22.4. The van der Waals surface area contributed by atoms with Gasteiger partial charge < -0.3 is 0 Å². The quantitative estimate of drug-likeness (QED) is 0.211. The molecule has 0 N–H and O–H groups in total. The van der Waals surface area contributed by atoms with Gasteiger partial charge in [0.15, 0.2) is 11.1 Å². The van der Waals surface area contributed by atoms with Gasteiger partial charge in [-0.3, -0.25) is 4.18 Å². The van der Waals surface area contributed by atoms with Crippen LogP contribution in [0, 0.1) is 0 Å². The topological polar surface area (TPSA) is 26.3 Å². The Balaban J connectivity index is 3.01. The third kappa shape index (κ3) is 18.4. The summed E-state index contributed by atoms with van der Waals surface area (Å²) >= 11 is 4.33. The van der Waals surface area contributed by atoms with Crippen LogP contribution < -0.4 is 0 Å². The van der Waals surface area contributed by atoms with Gasteiger partial charge in [-0.25, -0.2) is 4.21 Å². The van der Waals surface area contributed by atoms with Crippen molar-refractivity contribution in [2.24, 2.45) is 0 Å². The molecule has 0 amide bonds. The van der Waals surface area contributed by atoms with Crippen molar-refractivity contribution in [1.82, 2.24) is 0 Å². The molecule has 0 aliphatic heterocycles. The SMILES string of the molecule is CCCCCCCCCCCCCCCCOS(=O)CCCl. The van der Waals surface area contributed by atoms with Gasteiger partial charge in [-0.1, -0.05) is 90.4 Å². The van der Waals surface area contributed by atoms with E-state index in [2.05, 4.69) is 6.92 Å². The van der Waals surface area contributed by atoms with Crippen LogP contribution >= 0.6 is 11.6 Å². The van der Waals surface area contributed by atoms with E-state index >= 15 is 0 Å². The van der Waals surface area contributed by atoms with Crippen molar-refractivity contribution in [3.05, 3.63) is 0 Å². The zero-order valence-electron chi connectivity index (χ0n) is 14.6. The van der Waals surface area contributed by atoms with E-state index in [1.54, 1.807) is 0 Å². The summed E-state index contributed by atoms with van der Waals surface area (Å²) in [5.41, 5.74) is 0. The van der Waals surface area contributed by atoms with Crippen LogP contribution in [0.3, 0.4) is 0 Å². The fourth-order valence-electron chi connectivity index (χ4n) is 2.57. The lowest BCUT2D eigenvalue weighted by Crippen LogP contribution is -2.04. The van der Waals surface area contributed by atoms with Crippen LogP contribution in [0.4, 0.5) is 0 Å². The molecular weight excluding hydrogens is 316 g/mol. The van der Waals surface area contributed by atoms with Gasteiger partial charge in [-0.2, -0.15) is 0 Å². The molecule has 1 atom stereocenters. The lowest BCUT2D eigenvalue weighted by Gasteiger charge is -2.04. The average molecular weight is 353 g/mol. The Labute approximate surface area is 146 Å². The predicted molar refractivity (Wildman–Crippen MR) is 100.0 cm³/mol. The minimum Gasteiger partial charge on any atom is -0.291 e. The largest absolute Gasteiger partial charge is 0.291 e. The zero-order valence-corrected chi connectivity index (χ0v) is 16.2. The van der Waals surface area contributed by atoms with Gasteiger partial charge in [0.2, 0.25) is 0 Å². The Bertz CT molecular complexity index is 237. The maximum absolute atomic E-state index is 11.2. The third-order valence-electron chi connectivity index (χ3n) is 3.96. The molecule has 0 aromatic rings. The molecule has 1 unspecified atom stereocenters. The number of halogens is 1. The highest BCUT2D eigenvalue weighted by atomic mass is 35.5. The van der Waals surface area contributed by atoms with Crippen molar-refractivity contribution >= 4 is 22.7 Å². The molecule has 0 rings (SSSR count). The Hall–Kier alpha value is 0.400. The highest BCUT2D eigenvalue weighted by Crippen LogP contribution is 2.12. The second-order valence-corrected chi connectivity index (χ2v) is 7.74. The number of alkyl halides is 1. The van der Waals surface area contributed by atoms with Crippen molar-refractivity contribution in [3.8, 4) is 0 Å². The van der Waals surface area contributed by atoms with E-state index in [1.807, 2.05) is 0 Å². The van der Waals surface area contributed by atoms with Crippen molar-refractivity contribution < 1.29 is 8.39 Å². The van der Waals surface area contributed by atoms with E-state index in [9.17, 15) is 4.21 Å². The summed E-state index contributed by atoms with van der Waals surface area (Å²) in [6.45, 7) is 2.89. The Morgan fingerprint density at radius 2 is 1.14 bits per heavy atom. The summed E-state index contributed by atoms with van der Waals surface area (Å²) in [7, 11) is 0. The number of hydrogen-bond acceptors (Lipinski definition) is 2. The number of unbranched alkanes of at least 4 members (excludes halogenated alkanes) is 13. The van der Waals surface area contributed by atoms with Gasteiger partial charge in [-0.05, 0) is 6.42 Å². The van der Waals surface area contributed by atoms with Crippen LogP contribution in [0.2, 0.25) is 0 Å². The first-order chi connectivity index (χ1) is 10.8. The molecule has 0 fully saturated rings. The van der Waals surface area contributed by atoms with E-state index in [0.29, 0.717) is 18.2 Å². The van der Waals surface area contributed by atoms with Crippen LogP contribution in [-0.4, -0.2) is 22.4 Å². The average Bonchev–Trinajstić information content (AvgIpc) is 2.51. The zero-order chi connectivity index (χ0) is 16.3. The maximum atomic E-state index is 11.2. The molecule has 22 heavy (non-hydrogen) atoms. The fourth-order valence-corrected chi connectivity index (χ4v) is 3.50. The van der Waals surface area contributed by atoms with E-state index in [1.165, 1.54) is 83.5 Å². The van der Waals surface area contributed by atoms with Gasteiger partial charge in [0.25, 0.3) is 0 Å². The van der Waals surface area contributed by atoms with E-state index < -0.39 is 11.1 Å². The molecule has 0 saturated heterocycles. The number of hydrogen-bond donors (Lipinski definition) is 0. The van der Waals surface area contributed by atoms with E-state index in [-0.39, 0.29) is 0 Å². The third-order valence-corrected chi connectivity index (χ3v) is 5.34. The maximum Gasteiger partial charge on any atom is 0.156 e. The van der Waals surface area contributed by atoms with Crippen molar-refractivity contribution in [2.45, 2.75) is 96.8 Å². The summed E-state index contributed by atoms with van der Waals surface area (Å²) in [5.74, 6) is 0.853. The predicted octanol–water partition coefficient (Wildman–Crippen LogP) is 6.39. The highest BCUT2D eigenvalue weighted by Gasteiger charge is 1.98. The van der Waals surface area contributed by atoms with Crippen LogP contribution in [0.5, 0.6) is 0 Å². The molecule has 0 radical (unpaired) electrons. The summed E-state index contributed by atoms with van der Waals surface area (Å²) in [4.78, 5) is 0. The van der Waals surface area contributed by atoms with Crippen molar-refractivity contribution in [1.29, 1.82) is 0 Å². The van der Waals surface area contributed by atoms with Crippen LogP contribution in [0.15, 0.2) is 0 Å². The lowest BCUT2D eigenvalue weighted by molar-refractivity contribution is 0.332. The van der Waals surface area contributed by atoms with Crippen molar-refractivity contribution in [2.75, 3.05) is 18.2 Å². The molecule has 0 aliphatic carbocycles. The molecule has 0 bridgehead atoms. The molecule has 134 valence electrons. The summed E-state index contributed by atoms with van der Waals surface area (Å²) in [6, 6.07) is 0. The first-order valence-corrected chi connectivity index (χ1v) is 11.2. The second kappa shape index (κ2) is 19.4. The van der Waals surface area contributed by atoms with Gasteiger partial charge in [0, 0.05) is 5.88 Å². The lowest BCUT2D eigenvalue weighted by atomic mass is 10.0. The number of rotatable bonds is 18. The van der Waals surface area contributed by atoms with Gasteiger partial charge in [0.1, 0.15) is 0 Å². The highest BCUT2D eigenvalue weighted by molar-refractivity contribution is 7.80. The molecule has 2 nitrogen and oxygen atoms in total. The Morgan fingerprint density at radius 3 is 1.55 bits per heavy atom. The van der Waals surface area contributed by atoms with Gasteiger partial charge in [0.05, 0.1) is 12.4 Å². The van der Waals surface area contributed by atoms with Gasteiger partial charge in [-0.15, -0.1) is 11.6 Å². The minimum atomic E-state index is -1.17. The molecule has 0 saturated carbocycles. The fraction of sp³-hybridized carbons (Fsp3) is 1.00. The minimum absolute atomic E-state index is 0.408. The summed E-state index contributed by atoms with van der Waals surface area (Å²) in [6.07, 6.45) is 18.9. The monoisotopic (exact) mass is 352 g/mol. The smallest absolute Gasteiger partial charge is 0.156 e.